The Kier molecular flexibility index (Phi) is 5.15. The minimum atomic E-state index is -0.343. The van der Waals surface area contributed by atoms with Crippen molar-refractivity contribution in [2.75, 3.05) is 7.11 Å². The van der Waals surface area contributed by atoms with Crippen LogP contribution in [0.3, 0.4) is 0 Å². The first-order chi connectivity index (χ1) is 8.04. The van der Waals surface area contributed by atoms with E-state index < -0.39 is 0 Å². The second-order valence-corrected chi connectivity index (χ2v) is 4.49. The molecule has 0 heterocycles. The SMILES string of the molecule is COC(=O)CC(C)NC(=O)c1ccccc1Br. The molecule has 5 heteroatoms. The van der Waals surface area contributed by atoms with Gasteiger partial charge in [-0.15, -0.1) is 0 Å². The molecule has 0 aliphatic heterocycles. The van der Waals surface area contributed by atoms with Crippen LogP contribution >= 0.6 is 15.9 Å². The molecule has 1 aromatic carbocycles. The minimum Gasteiger partial charge on any atom is -0.469 e. The summed E-state index contributed by atoms with van der Waals surface area (Å²) in [6.45, 7) is 1.76. The van der Waals surface area contributed by atoms with Crippen LogP contribution in [0.25, 0.3) is 0 Å². The number of carbonyl (C=O) groups excluding carboxylic acids is 2. The van der Waals surface area contributed by atoms with Crippen molar-refractivity contribution in [2.24, 2.45) is 0 Å². The largest absolute Gasteiger partial charge is 0.469 e. The van der Waals surface area contributed by atoms with Gasteiger partial charge in [-0.05, 0) is 35.0 Å². The number of hydrogen-bond donors (Lipinski definition) is 1. The molecule has 1 N–H and O–H groups in total. The number of rotatable bonds is 4. The highest BCUT2D eigenvalue weighted by Gasteiger charge is 2.14. The number of carbonyl (C=O) groups is 2. The van der Waals surface area contributed by atoms with Crippen molar-refractivity contribution in [2.45, 2.75) is 19.4 Å². The molecule has 1 rings (SSSR count). The lowest BCUT2D eigenvalue weighted by Crippen LogP contribution is -2.34. The summed E-state index contributed by atoms with van der Waals surface area (Å²) >= 11 is 3.30. The number of esters is 1. The summed E-state index contributed by atoms with van der Waals surface area (Å²) in [6.07, 6.45) is 0.159. The van der Waals surface area contributed by atoms with Gasteiger partial charge in [0.25, 0.3) is 5.91 Å². The third-order valence-electron chi connectivity index (χ3n) is 2.20. The van der Waals surface area contributed by atoms with E-state index in [0.29, 0.717) is 5.56 Å². The van der Waals surface area contributed by atoms with E-state index in [9.17, 15) is 9.59 Å². The Morgan fingerprint density at radius 2 is 2.06 bits per heavy atom. The van der Waals surface area contributed by atoms with Gasteiger partial charge < -0.3 is 10.1 Å². The molecule has 4 nitrogen and oxygen atoms in total. The number of methoxy groups -OCH3 is 1. The second kappa shape index (κ2) is 6.39. The predicted octanol–water partition coefficient (Wildman–Crippen LogP) is 2.13. The van der Waals surface area contributed by atoms with Gasteiger partial charge in [-0.25, -0.2) is 0 Å². The molecular formula is C12H14BrNO3. The van der Waals surface area contributed by atoms with Crippen LogP contribution < -0.4 is 5.32 Å². The lowest BCUT2D eigenvalue weighted by molar-refractivity contribution is -0.141. The van der Waals surface area contributed by atoms with Gasteiger partial charge in [0, 0.05) is 10.5 Å². The maximum atomic E-state index is 11.9. The molecule has 1 aromatic rings. The highest BCUT2D eigenvalue weighted by Crippen LogP contribution is 2.15. The van der Waals surface area contributed by atoms with Crippen molar-refractivity contribution in [3.05, 3.63) is 34.3 Å². The summed E-state index contributed by atoms with van der Waals surface area (Å²) in [4.78, 5) is 22.9. The summed E-state index contributed by atoms with van der Waals surface area (Å²) < 4.78 is 5.26. The molecule has 0 bridgehead atoms. The van der Waals surface area contributed by atoms with E-state index in [1.165, 1.54) is 7.11 Å². The fourth-order valence-corrected chi connectivity index (χ4v) is 1.80. The van der Waals surface area contributed by atoms with E-state index in [1.54, 1.807) is 25.1 Å². The standard InChI is InChI=1S/C12H14BrNO3/c1-8(7-11(15)17-2)14-12(16)9-5-3-4-6-10(9)13/h3-6,8H,7H2,1-2H3,(H,14,16). The maximum Gasteiger partial charge on any atom is 0.307 e. The van der Waals surface area contributed by atoms with Gasteiger partial charge in [0.15, 0.2) is 0 Å². The Hall–Kier alpha value is -1.36. The average Bonchev–Trinajstić information content (AvgIpc) is 2.29. The molecule has 0 fully saturated rings. The predicted molar refractivity (Wildman–Crippen MR) is 67.7 cm³/mol. The minimum absolute atomic E-state index is 0.159. The fourth-order valence-electron chi connectivity index (χ4n) is 1.33. The van der Waals surface area contributed by atoms with Crippen LogP contribution in [0.1, 0.15) is 23.7 Å². The monoisotopic (exact) mass is 299 g/mol. The molecule has 0 radical (unpaired) electrons. The molecule has 1 atom stereocenters. The average molecular weight is 300 g/mol. The van der Waals surface area contributed by atoms with Crippen LogP contribution in [0.4, 0.5) is 0 Å². The third-order valence-corrected chi connectivity index (χ3v) is 2.89. The molecule has 1 amide bonds. The van der Waals surface area contributed by atoms with E-state index in [2.05, 4.69) is 26.0 Å². The molecule has 0 aliphatic rings. The first-order valence-electron chi connectivity index (χ1n) is 5.16. The maximum absolute atomic E-state index is 11.9. The Morgan fingerprint density at radius 3 is 2.65 bits per heavy atom. The molecular weight excluding hydrogens is 286 g/mol. The molecule has 17 heavy (non-hydrogen) atoms. The summed E-state index contributed by atoms with van der Waals surface area (Å²) in [5.41, 5.74) is 0.546. The van der Waals surface area contributed by atoms with Crippen LogP contribution in [0, 0.1) is 0 Å². The zero-order valence-corrected chi connectivity index (χ0v) is 11.3. The van der Waals surface area contributed by atoms with Crippen molar-refractivity contribution in [1.29, 1.82) is 0 Å². The number of hydrogen-bond acceptors (Lipinski definition) is 3. The molecule has 0 saturated heterocycles. The zero-order valence-electron chi connectivity index (χ0n) is 9.70. The Balaban J connectivity index is 2.61. The van der Waals surface area contributed by atoms with E-state index in [0.717, 1.165) is 4.47 Å². The van der Waals surface area contributed by atoms with Crippen molar-refractivity contribution in [3.63, 3.8) is 0 Å². The lowest BCUT2D eigenvalue weighted by atomic mass is 10.2. The summed E-state index contributed by atoms with van der Waals surface area (Å²) in [7, 11) is 1.32. The quantitative estimate of drug-likeness (QED) is 0.867. The van der Waals surface area contributed by atoms with Gasteiger partial charge in [-0.3, -0.25) is 9.59 Å². The normalized spacial score (nSPS) is 11.7. The molecule has 0 spiro atoms. The Labute approximate surface area is 108 Å². The summed E-state index contributed by atoms with van der Waals surface area (Å²) in [6, 6.07) is 6.86. The van der Waals surface area contributed by atoms with Crippen LogP contribution in [0.15, 0.2) is 28.7 Å². The van der Waals surface area contributed by atoms with Gasteiger partial charge in [0.2, 0.25) is 0 Å². The summed E-state index contributed by atoms with van der Waals surface area (Å²) in [5, 5.41) is 2.73. The number of halogens is 1. The van der Waals surface area contributed by atoms with E-state index >= 15 is 0 Å². The van der Waals surface area contributed by atoms with Gasteiger partial charge in [-0.2, -0.15) is 0 Å². The van der Waals surface area contributed by atoms with Crippen molar-refractivity contribution in [1.82, 2.24) is 5.32 Å². The van der Waals surface area contributed by atoms with Crippen LogP contribution in [0.2, 0.25) is 0 Å². The highest BCUT2D eigenvalue weighted by molar-refractivity contribution is 9.10. The highest BCUT2D eigenvalue weighted by atomic mass is 79.9. The Morgan fingerprint density at radius 1 is 1.41 bits per heavy atom. The summed E-state index contributed by atoms with van der Waals surface area (Å²) in [5.74, 6) is -0.557. The van der Waals surface area contributed by atoms with Crippen LogP contribution in [-0.2, 0) is 9.53 Å². The number of amides is 1. The van der Waals surface area contributed by atoms with E-state index in [4.69, 9.17) is 0 Å². The third kappa shape index (κ3) is 4.19. The molecule has 92 valence electrons. The van der Waals surface area contributed by atoms with E-state index in [-0.39, 0.29) is 24.3 Å². The van der Waals surface area contributed by atoms with Gasteiger partial charge >= 0.3 is 5.97 Å². The van der Waals surface area contributed by atoms with Crippen molar-refractivity contribution >= 4 is 27.8 Å². The fraction of sp³-hybridized carbons (Fsp3) is 0.333. The first kappa shape index (κ1) is 13.7. The molecule has 0 aliphatic carbocycles. The Bertz CT molecular complexity index is 420. The van der Waals surface area contributed by atoms with Gasteiger partial charge in [0.05, 0.1) is 19.1 Å². The molecule has 0 aromatic heterocycles. The zero-order chi connectivity index (χ0) is 12.8. The number of benzene rings is 1. The second-order valence-electron chi connectivity index (χ2n) is 3.63. The lowest BCUT2D eigenvalue weighted by Gasteiger charge is -2.13. The smallest absolute Gasteiger partial charge is 0.307 e. The van der Waals surface area contributed by atoms with Crippen molar-refractivity contribution in [3.8, 4) is 0 Å². The number of ether oxygens (including phenoxy) is 1. The van der Waals surface area contributed by atoms with Gasteiger partial charge in [-0.1, -0.05) is 12.1 Å². The molecule has 1 unspecified atom stereocenters. The topological polar surface area (TPSA) is 55.4 Å². The molecule has 0 saturated carbocycles. The number of nitrogens with one attached hydrogen (secondary N) is 1. The van der Waals surface area contributed by atoms with Crippen LogP contribution in [-0.4, -0.2) is 25.0 Å². The van der Waals surface area contributed by atoms with Gasteiger partial charge in [0.1, 0.15) is 0 Å². The van der Waals surface area contributed by atoms with Crippen LogP contribution in [0.5, 0.6) is 0 Å². The first-order valence-corrected chi connectivity index (χ1v) is 5.96. The van der Waals surface area contributed by atoms with Crippen molar-refractivity contribution < 1.29 is 14.3 Å². The van der Waals surface area contributed by atoms with E-state index in [1.807, 2.05) is 6.07 Å².